The quantitative estimate of drug-likeness (QED) is 0.639. The van der Waals surface area contributed by atoms with Crippen molar-refractivity contribution in [1.29, 1.82) is 5.41 Å². The second-order valence-electron chi connectivity index (χ2n) is 7.59. The van der Waals surface area contributed by atoms with Gasteiger partial charge in [-0.2, -0.15) is 0 Å². The first-order chi connectivity index (χ1) is 14.4. The Morgan fingerprint density at radius 1 is 1.20 bits per heavy atom. The van der Waals surface area contributed by atoms with Gasteiger partial charge in [0.25, 0.3) is 5.91 Å². The molecular formula is C23H25N3O4. The van der Waals surface area contributed by atoms with Crippen molar-refractivity contribution >= 4 is 17.5 Å². The Hall–Kier alpha value is -3.35. The molecule has 4 rings (SSSR count). The zero-order valence-corrected chi connectivity index (χ0v) is 17.2. The van der Waals surface area contributed by atoms with Crippen LogP contribution in [0.4, 0.5) is 0 Å². The number of fused-ring (bicyclic) bond motifs is 2. The van der Waals surface area contributed by atoms with Gasteiger partial charge in [0.1, 0.15) is 17.3 Å². The number of carbonyl (C=O) groups is 2. The number of phenolic OH excluding ortho intramolecular Hbond substituents is 1. The van der Waals surface area contributed by atoms with Gasteiger partial charge in [0.15, 0.2) is 5.78 Å². The van der Waals surface area contributed by atoms with E-state index in [0.29, 0.717) is 35.6 Å². The third-order valence-electron chi connectivity index (χ3n) is 5.80. The van der Waals surface area contributed by atoms with Gasteiger partial charge in [-0.25, -0.2) is 0 Å². The van der Waals surface area contributed by atoms with Crippen LogP contribution in [0.25, 0.3) is 0 Å². The van der Waals surface area contributed by atoms with Crippen LogP contribution in [-0.2, 0) is 19.4 Å². The molecule has 1 aliphatic heterocycles. The van der Waals surface area contributed by atoms with Crippen LogP contribution >= 0.6 is 0 Å². The first-order valence-electron chi connectivity index (χ1n) is 10.2. The normalized spacial score (nSPS) is 14.5. The van der Waals surface area contributed by atoms with Gasteiger partial charge < -0.3 is 20.1 Å². The van der Waals surface area contributed by atoms with Crippen LogP contribution in [0.15, 0.2) is 24.3 Å². The van der Waals surface area contributed by atoms with Gasteiger partial charge in [0.05, 0.1) is 18.7 Å². The second kappa shape index (κ2) is 7.82. The Balaban J connectivity index is 1.60. The van der Waals surface area contributed by atoms with Crippen molar-refractivity contribution in [3.63, 3.8) is 0 Å². The largest absolute Gasteiger partial charge is 0.508 e. The minimum absolute atomic E-state index is 0.0673. The van der Waals surface area contributed by atoms with E-state index in [1.54, 1.807) is 36.2 Å². The van der Waals surface area contributed by atoms with E-state index < -0.39 is 0 Å². The monoisotopic (exact) mass is 407 g/mol. The highest BCUT2D eigenvalue weighted by molar-refractivity contribution is 6.08. The number of amidine groups is 1. The van der Waals surface area contributed by atoms with E-state index in [-0.39, 0.29) is 29.8 Å². The molecule has 0 saturated heterocycles. The summed E-state index contributed by atoms with van der Waals surface area (Å²) >= 11 is 0. The minimum atomic E-state index is -0.275. The maximum Gasteiger partial charge on any atom is 0.254 e. The molecule has 2 aromatic carbocycles. The molecule has 0 unspecified atom stereocenters. The summed E-state index contributed by atoms with van der Waals surface area (Å²) in [5.41, 5.74) is 4.32. The lowest BCUT2D eigenvalue weighted by Crippen LogP contribution is -2.30. The van der Waals surface area contributed by atoms with E-state index in [9.17, 15) is 14.7 Å². The Labute approximate surface area is 175 Å². The lowest BCUT2D eigenvalue weighted by Gasteiger charge is -2.18. The fourth-order valence-electron chi connectivity index (χ4n) is 4.36. The third-order valence-corrected chi connectivity index (χ3v) is 5.80. The maximum atomic E-state index is 13.1. The SMILES string of the molecule is CCOc1cc2c(cc1C(=O)NC)C(=N)N(CC(=O)c1ccc(O)c3c1CCC3)C2. The number of hydrogen-bond donors (Lipinski definition) is 3. The number of hydrogen-bond acceptors (Lipinski definition) is 5. The van der Waals surface area contributed by atoms with Crippen molar-refractivity contribution in [3.05, 3.63) is 57.6 Å². The Morgan fingerprint density at radius 3 is 2.70 bits per heavy atom. The van der Waals surface area contributed by atoms with Crippen LogP contribution in [0.3, 0.4) is 0 Å². The van der Waals surface area contributed by atoms with Gasteiger partial charge >= 0.3 is 0 Å². The fraction of sp³-hybridized carbons (Fsp3) is 0.348. The number of amides is 1. The number of nitrogens with one attached hydrogen (secondary N) is 2. The molecule has 0 atom stereocenters. The standard InChI is InChI=1S/C23H25N3O4/c1-3-30-21-9-13-11-26(22(24)17(13)10-18(21)23(29)25-2)12-20(28)16-7-8-19(27)15-6-4-5-14(15)16/h7-10,24,27H,3-6,11-12H2,1-2H3,(H,25,29). The molecule has 3 N–H and O–H groups in total. The molecule has 1 heterocycles. The molecule has 1 aliphatic carbocycles. The van der Waals surface area contributed by atoms with E-state index in [1.807, 2.05) is 6.92 Å². The Morgan fingerprint density at radius 2 is 1.97 bits per heavy atom. The van der Waals surface area contributed by atoms with Gasteiger partial charge in [-0.3, -0.25) is 15.0 Å². The van der Waals surface area contributed by atoms with Crippen molar-refractivity contribution in [1.82, 2.24) is 10.2 Å². The number of aromatic hydroxyl groups is 1. The predicted molar refractivity (Wildman–Crippen MR) is 113 cm³/mol. The van der Waals surface area contributed by atoms with Crippen LogP contribution in [0.2, 0.25) is 0 Å². The van der Waals surface area contributed by atoms with Crippen LogP contribution < -0.4 is 10.1 Å². The van der Waals surface area contributed by atoms with E-state index in [0.717, 1.165) is 36.0 Å². The molecule has 0 saturated carbocycles. The molecule has 0 aromatic heterocycles. The number of benzene rings is 2. The number of nitrogens with zero attached hydrogens (tertiary/aromatic N) is 1. The van der Waals surface area contributed by atoms with E-state index >= 15 is 0 Å². The number of ether oxygens (including phenoxy) is 1. The number of Topliss-reactive ketones (excluding diaryl/α,β-unsaturated/α-hetero) is 1. The average molecular weight is 407 g/mol. The van der Waals surface area contributed by atoms with Gasteiger partial charge in [0.2, 0.25) is 0 Å². The molecular weight excluding hydrogens is 382 g/mol. The number of carbonyl (C=O) groups excluding carboxylic acids is 2. The molecule has 0 spiro atoms. The summed E-state index contributed by atoms with van der Waals surface area (Å²) in [5.74, 6) is 0.617. The molecule has 30 heavy (non-hydrogen) atoms. The summed E-state index contributed by atoms with van der Waals surface area (Å²) in [5, 5.41) is 21.2. The van der Waals surface area contributed by atoms with E-state index in [2.05, 4.69) is 5.32 Å². The third kappa shape index (κ3) is 3.30. The van der Waals surface area contributed by atoms with Crippen molar-refractivity contribution < 1.29 is 19.4 Å². The summed E-state index contributed by atoms with van der Waals surface area (Å²) in [4.78, 5) is 27.0. The number of ketones is 1. The van der Waals surface area contributed by atoms with Crippen LogP contribution in [0.5, 0.6) is 11.5 Å². The zero-order valence-electron chi connectivity index (χ0n) is 17.2. The Bertz CT molecular complexity index is 1060. The molecule has 1 amide bonds. The van der Waals surface area contributed by atoms with Crippen LogP contribution in [-0.4, -0.2) is 47.7 Å². The smallest absolute Gasteiger partial charge is 0.254 e. The van der Waals surface area contributed by atoms with Crippen molar-refractivity contribution in [2.24, 2.45) is 0 Å². The van der Waals surface area contributed by atoms with Crippen molar-refractivity contribution in [2.75, 3.05) is 20.2 Å². The zero-order chi connectivity index (χ0) is 21.4. The first kappa shape index (κ1) is 19.9. The molecule has 7 nitrogen and oxygen atoms in total. The van der Waals surface area contributed by atoms with Gasteiger partial charge in [0, 0.05) is 24.7 Å². The molecule has 0 bridgehead atoms. The summed E-state index contributed by atoms with van der Waals surface area (Å²) in [6.07, 6.45) is 2.51. The highest BCUT2D eigenvalue weighted by Crippen LogP contribution is 2.34. The first-order valence-corrected chi connectivity index (χ1v) is 10.2. The minimum Gasteiger partial charge on any atom is -0.508 e. The highest BCUT2D eigenvalue weighted by Gasteiger charge is 2.30. The molecule has 0 radical (unpaired) electrons. The number of phenols is 1. The van der Waals surface area contributed by atoms with E-state index in [1.165, 1.54) is 0 Å². The molecule has 7 heteroatoms. The Kier molecular flexibility index (Phi) is 5.20. The molecule has 0 fully saturated rings. The predicted octanol–water partition coefficient (Wildman–Crippen LogP) is 2.66. The van der Waals surface area contributed by atoms with Crippen LogP contribution in [0, 0.1) is 5.41 Å². The lowest BCUT2D eigenvalue weighted by molar-refractivity contribution is 0.0952. The molecule has 156 valence electrons. The van der Waals surface area contributed by atoms with Crippen molar-refractivity contribution in [3.8, 4) is 11.5 Å². The maximum absolute atomic E-state index is 13.1. The molecule has 2 aliphatic rings. The van der Waals surface area contributed by atoms with Gasteiger partial charge in [-0.05, 0) is 67.1 Å². The topological polar surface area (TPSA) is 103 Å². The van der Waals surface area contributed by atoms with Crippen molar-refractivity contribution in [2.45, 2.75) is 32.7 Å². The summed E-state index contributed by atoms with van der Waals surface area (Å²) in [6, 6.07) is 6.74. The van der Waals surface area contributed by atoms with Gasteiger partial charge in [-0.15, -0.1) is 0 Å². The summed E-state index contributed by atoms with van der Waals surface area (Å²) in [7, 11) is 1.55. The van der Waals surface area contributed by atoms with Crippen LogP contribution in [0.1, 0.15) is 56.3 Å². The lowest BCUT2D eigenvalue weighted by atomic mass is 9.99. The highest BCUT2D eigenvalue weighted by atomic mass is 16.5. The van der Waals surface area contributed by atoms with Gasteiger partial charge in [-0.1, -0.05) is 0 Å². The summed E-state index contributed by atoms with van der Waals surface area (Å²) < 4.78 is 5.63. The summed E-state index contributed by atoms with van der Waals surface area (Å²) in [6.45, 7) is 2.76. The number of rotatable bonds is 6. The molecule has 2 aromatic rings. The average Bonchev–Trinajstić information content (AvgIpc) is 3.33. The van der Waals surface area contributed by atoms with E-state index in [4.69, 9.17) is 10.1 Å². The second-order valence-corrected chi connectivity index (χ2v) is 7.59. The fourth-order valence-corrected chi connectivity index (χ4v) is 4.36.